The highest BCUT2D eigenvalue weighted by molar-refractivity contribution is 8.77. The molecule has 0 nitrogen and oxygen atoms in total. The summed E-state index contributed by atoms with van der Waals surface area (Å²) in [6.07, 6.45) is -4.75. The third-order valence-electron chi connectivity index (χ3n) is 1.60. The molecule has 0 fully saturated rings. The van der Waals surface area contributed by atoms with Crippen molar-refractivity contribution in [2.24, 2.45) is 5.92 Å². The number of rotatable bonds is 4. The summed E-state index contributed by atoms with van der Waals surface area (Å²) < 4.78 is 36.8. The first-order valence-electron chi connectivity index (χ1n) is 4.92. The van der Waals surface area contributed by atoms with Crippen LogP contribution in [0.3, 0.4) is 0 Å². The van der Waals surface area contributed by atoms with Crippen LogP contribution in [0.25, 0.3) is 0 Å². The SMILES string of the molecule is CC(C)[C@@H](CC(F)(F)F)SSC(C)(C)C. The Hall–Kier alpha value is 0.490. The highest BCUT2D eigenvalue weighted by Crippen LogP contribution is 2.43. The van der Waals surface area contributed by atoms with Crippen LogP contribution in [0.1, 0.15) is 41.0 Å². The molecule has 0 heterocycles. The Labute approximate surface area is 98.2 Å². The van der Waals surface area contributed by atoms with Crippen LogP contribution in [0.2, 0.25) is 0 Å². The zero-order valence-corrected chi connectivity index (χ0v) is 11.4. The van der Waals surface area contributed by atoms with Crippen LogP contribution in [0.15, 0.2) is 0 Å². The van der Waals surface area contributed by atoms with Crippen molar-refractivity contribution in [1.82, 2.24) is 0 Å². The lowest BCUT2D eigenvalue weighted by Crippen LogP contribution is -2.21. The average Bonchev–Trinajstić information content (AvgIpc) is 1.93. The predicted molar refractivity (Wildman–Crippen MR) is 64.2 cm³/mol. The first kappa shape index (κ1) is 15.5. The van der Waals surface area contributed by atoms with Gasteiger partial charge >= 0.3 is 6.18 Å². The molecule has 0 aromatic rings. The van der Waals surface area contributed by atoms with Gasteiger partial charge in [0.05, 0.1) is 6.42 Å². The molecule has 0 bridgehead atoms. The second-order valence-electron chi connectivity index (χ2n) is 4.89. The van der Waals surface area contributed by atoms with Gasteiger partial charge in [0.15, 0.2) is 0 Å². The fourth-order valence-corrected chi connectivity index (χ4v) is 3.81. The fraction of sp³-hybridized carbons (Fsp3) is 1.00. The van der Waals surface area contributed by atoms with Crippen molar-refractivity contribution in [1.29, 1.82) is 0 Å². The largest absolute Gasteiger partial charge is 0.390 e. The minimum Gasteiger partial charge on any atom is -0.171 e. The summed E-state index contributed by atoms with van der Waals surface area (Å²) in [7, 11) is 2.89. The summed E-state index contributed by atoms with van der Waals surface area (Å²) in [5, 5.41) is -0.353. The van der Waals surface area contributed by atoms with Crippen LogP contribution in [0.5, 0.6) is 0 Å². The van der Waals surface area contributed by atoms with Gasteiger partial charge in [0, 0.05) is 10.00 Å². The predicted octanol–water partition coefficient (Wildman–Crippen LogP) is 5.14. The number of halogens is 3. The van der Waals surface area contributed by atoms with E-state index in [1.165, 1.54) is 21.6 Å². The molecule has 0 saturated heterocycles. The molecule has 0 rings (SSSR count). The van der Waals surface area contributed by atoms with E-state index in [1.54, 1.807) is 0 Å². The van der Waals surface area contributed by atoms with E-state index in [2.05, 4.69) is 0 Å². The maximum absolute atomic E-state index is 12.3. The molecule has 0 spiro atoms. The lowest BCUT2D eigenvalue weighted by molar-refractivity contribution is -0.135. The molecule has 0 unspecified atom stereocenters. The lowest BCUT2D eigenvalue weighted by Gasteiger charge is -2.25. The Bertz CT molecular complexity index is 182. The molecule has 1 atom stereocenters. The molecule has 0 aliphatic heterocycles. The summed E-state index contributed by atoms with van der Waals surface area (Å²) in [5.74, 6) is 0.0477. The third-order valence-corrected chi connectivity index (χ3v) is 5.68. The topological polar surface area (TPSA) is 0 Å². The molecular formula is C10H19F3S2. The molecule has 15 heavy (non-hydrogen) atoms. The maximum Gasteiger partial charge on any atom is 0.390 e. The monoisotopic (exact) mass is 260 g/mol. The van der Waals surface area contributed by atoms with Gasteiger partial charge in [-0.2, -0.15) is 13.2 Å². The van der Waals surface area contributed by atoms with E-state index < -0.39 is 12.6 Å². The zero-order valence-electron chi connectivity index (χ0n) is 9.81. The van der Waals surface area contributed by atoms with Crippen LogP contribution in [-0.2, 0) is 0 Å². The highest BCUT2D eigenvalue weighted by atomic mass is 33.1. The Morgan fingerprint density at radius 2 is 1.53 bits per heavy atom. The van der Waals surface area contributed by atoms with Crippen molar-refractivity contribution in [3.8, 4) is 0 Å². The molecule has 0 aliphatic rings. The van der Waals surface area contributed by atoms with Gasteiger partial charge in [0.25, 0.3) is 0 Å². The van der Waals surface area contributed by atoms with E-state index in [0.717, 1.165) is 0 Å². The van der Waals surface area contributed by atoms with Crippen molar-refractivity contribution in [2.75, 3.05) is 0 Å². The van der Waals surface area contributed by atoms with E-state index in [9.17, 15) is 13.2 Å². The van der Waals surface area contributed by atoms with Crippen molar-refractivity contribution < 1.29 is 13.2 Å². The molecule has 0 aliphatic carbocycles. The van der Waals surface area contributed by atoms with Crippen LogP contribution in [-0.4, -0.2) is 16.2 Å². The third kappa shape index (κ3) is 9.42. The van der Waals surface area contributed by atoms with E-state index in [1.807, 2.05) is 34.6 Å². The van der Waals surface area contributed by atoms with Gasteiger partial charge in [-0.05, 0) is 5.92 Å². The Morgan fingerprint density at radius 3 is 1.80 bits per heavy atom. The molecule has 0 aromatic carbocycles. The van der Waals surface area contributed by atoms with Gasteiger partial charge < -0.3 is 0 Å². The Morgan fingerprint density at radius 1 is 1.07 bits per heavy atom. The zero-order chi connectivity index (χ0) is 12.3. The van der Waals surface area contributed by atoms with Gasteiger partial charge in [-0.15, -0.1) is 0 Å². The minimum atomic E-state index is -4.06. The molecule has 5 heteroatoms. The first-order valence-corrected chi connectivity index (χ1v) is 7.14. The van der Waals surface area contributed by atoms with Gasteiger partial charge in [0.1, 0.15) is 0 Å². The molecule has 0 amide bonds. The maximum atomic E-state index is 12.3. The molecule has 0 saturated carbocycles. The van der Waals surface area contributed by atoms with Crippen LogP contribution in [0.4, 0.5) is 13.2 Å². The Kier molecular flexibility index (Phi) is 5.90. The van der Waals surface area contributed by atoms with E-state index in [4.69, 9.17) is 0 Å². The van der Waals surface area contributed by atoms with Gasteiger partial charge in [-0.25, -0.2) is 0 Å². The molecular weight excluding hydrogens is 241 g/mol. The quantitative estimate of drug-likeness (QED) is 0.642. The molecule has 92 valence electrons. The van der Waals surface area contributed by atoms with Crippen LogP contribution < -0.4 is 0 Å². The average molecular weight is 260 g/mol. The summed E-state index contributed by atoms with van der Waals surface area (Å²) >= 11 is 0. The van der Waals surface area contributed by atoms with E-state index in [0.29, 0.717) is 0 Å². The molecule has 0 radical (unpaired) electrons. The van der Waals surface area contributed by atoms with Gasteiger partial charge in [-0.1, -0.05) is 56.2 Å². The summed E-state index contributed by atoms with van der Waals surface area (Å²) in [6.45, 7) is 9.71. The first-order chi connectivity index (χ1) is 6.51. The van der Waals surface area contributed by atoms with Crippen molar-refractivity contribution in [3.63, 3.8) is 0 Å². The highest BCUT2D eigenvalue weighted by Gasteiger charge is 2.34. The summed E-state index contributed by atoms with van der Waals surface area (Å²) in [6, 6.07) is 0. The second-order valence-corrected chi connectivity index (χ2v) is 8.16. The van der Waals surface area contributed by atoms with Gasteiger partial charge in [-0.3, -0.25) is 0 Å². The number of hydrogen-bond donors (Lipinski definition) is 0. The van der Waals surface area contributed by atoms with Crippen molar-refractivity contribution >= 4 is 21.6 Å². The second kappa shape index (κ2) is 5.71. The number of alkyl halides is 3. The van der Waals surface area contributed by atoms with Crippen LogP contribution >= 0.6 is 21.6 Å². The molecule has 0 N–H and O–H groups in total. The normalized spacial score (nSPS) is 15.8. The minimum absolute atomic E-state index is 0.00338. The lowest BCUT2D eigenvalue weighted by atomic mass is 10.1. The van der Waals surface area contributed by atoms with E-state index in [-0.39, 0.29) is 15.9 Å². The smallest absolute Gasteiger partial charge is 0.171 e. The van der Waals surface area contributed by atoms with Crippen molar-refractivity contribution in [3.05, 3.63) is 0 Å². The summed E-state index contributed by atoms with van der Waals surface area (Å²) in [4.78, 5) is 0. The van der Waals surface area contributed by atoms with Gasteiger partial charge in [0.2, 0.25) is 0 Å². The van der Waals surface area contributed by atoms with Crippen LogP contribution in [0, 0.1) is 5.92 Å². The van der Waals surface area contributed by atoms with E-state index >= 15 is 0 Å². The Balaban J connectivity index is 4.18. The number of hydrogen-bond acceptors (Lipinski definition) is 2. The molecule has 0 aromatic heterocycles. The van der Waals surface area contributed by atoms with Crippen molar-refractivity contribution in [2.45, 2.75) is 57.2 Å². The summed E-state index contributed by atoms with van der Waals surface area (Å²) in [5.41, 5.74) is 0. The fourth-order valence-electron chi connectivity index (χ4n) is 0.815. The standard InChI is InChI=1S/C10H19F3S2/c1-7(2)8(6-10(11,12)13)14-15-9(3,4)5/h7-8H,6H2,1-5H3/t8-/m1/s1.